The smallest absolute Gasteiger partial charge is 0.295 e. The van der Waals surface area contributed by atoms with Gasteiger partial charge < -0.3 is 15.4 Å². The van der Waals surface area contributed by atoms with E-state index in [2.05, 4.69) is 26.1 Å². The predicted molar refractivity (Wildman–Crippen MR) is 191 cm³/mol. The highest BCUT2D eigenvalue weighted by Gasteiger charge is 2.14. The molecular formula is C33H34Cl2N6O6S2. The van der Waals surface area contributed by atoms with Gasteiger partial charge in [-0.1, -0.05) is 54.4 Å². The molecule has 2 amide bonds. The van der Waals surface area contributed by atoms with E-state index in [0.717, 1.165) is 17.0 Å². The molecule has 2 heterocycles. The molecule has 0 saturated carbocycles. The fourth-order valence-electron chi connectivity index (χ4n) is 4.29. The summed E-state index contributed by atoms with van der Waals surface area (Å²) in [5.41, 5.74) is 4.59. The highest BCUT2D eigenvalue weighted by molar-refractivity contribution is 7.98. The summed E-state index contributed by atoms with van der Waals surface area (Å²) in [6, 6.07) is 18.0. The lowest BCUT2D eigenvalue weighted by atomic mass is 10.2. The molecule has 12 nitrogen and oxygen atoms in total. The van der Waals surface area contributed by atoms with Crippen LogP contribution in [0.1, 0.15) is 47.1 Å². The first-order valence-corrected chi connectivity index (χ1v) is 18.3. The average molecular weight is 746 g/mol. The number of nitrogens with one attached hydrogen (secondary N) is 3. The first kappa shape index (κ1) is 37.6. The second-order valence-electron chi connectivity index (χ2n) is 10.4. The van der Waals surface area contributed by atoms with Crippen LogP contribution in [0.15, 0.2) is 87.8 Å². The number of carbonyl (C=O) groups excluding carboxylic acids is 2. The van der Waals surface area contributed by atoms with Gasteiger partial charge in [-0.15, -0.1) is 11.8 Å². The fraction of sp³-hybridized carbons (Fsp3) is 0.242. The number of hydrogen-bond donors (Lipinski definition) is 4. The molecule has 0 spiro atoms. The summed E-state index contributed by atoms with van der Waals surface area (Å²) in [6.45, 7) is 2.96. The van der Waals surface area contributed by atoms with Gasteiger partial charge in [0, 0.05) is 48.3 Å². The lowest BCUT2D eigenvalue weighted by Gasteiger charge is -2.13. The lowest BCUT2D eigenvalue weighted by molar-refractivity contribution is -0.121. The Morgan fingerprint density at radius 3 is 2.47 bits per heavy atom. The molecule has 0 aliphatic rings. The van der Waals surface area contributed by atoms with Crippen molar-refractivity contribution in [1.29, 1.82) is 0 Å². The number of halogens is 2. The van der Waals surface area contributed by atoms with Crippen molar-refractivity contribution in [2.75, 3.05) is 25.1 Å². The van der Waals surface area contributed by atoms with Gasteiger partial charge >= 0.3 is 0 Å². The third-order valence-corrected chi connectivity index (χ3v) is 9.61. The van der Waals surface area contributed by atoms with Gasteiger partial charge in [0.2, 0.25) is 5.91 Å². The summed E-state index contributed by atoms with van der Waals surface area (Å²) in [5.74, 6) is 0.894. The number of pyridine rings is 2. The van der Waals surface area contributed by atoms with Gasteiger partial charge in [0.25, 0.3) is 16.0 Å². The van der Waals surface area contributed by atoms with Crippen molar-refractivity contribution in [1.82, 2.24) is 20.6 Å². The van der Waals surface area contributed by atoms with E-state index in [1.807, 2.05) is 19.1 Å². The van der Waals surface area contributed by atoms with Crippen molar-refractivity contribution in [2.24, 2.45) is 5.10 Å². The summed E-state index contributed by atoms with van der Waals surface area (Å²) in [4.78, 5) is 34.5. The Morgan fingerprint density at radius 2 is 1.76 bits per heavy atom. The molecule has 0 saturated heterocycles. The van der Waals surface area contributed by atoms with Crippen LogP contribution in [0, 0.1) is 0 Å². The maximum Gasteiger partial charge on any atom is 0.295 e. The van der Waals surface area contributed by atoms with E-state index in [0.29, 0.717) is 46.1 Å². The number of aryl methyl sites for hydroxylation is 1. The number of hydrazone groups is 1. The molecule has 0 unspecified atom stereocenters. The average Bonchev–Trinajstić information content (AvgIpc) is 3.08. The Hall–Kier alpha value is -4.21. The molecular weight excluding hydrogens is 711 g/mol. The minimum Gasteiger partial charge on any atom is -0.492 e. The van der Waals surface area contributed by atoms with Crippen LogP contribution in [-0.2, 0) is 27.1 Å². The maximum absolute atomic E-state index is 12.6. The molecule has 2 aromatic heterocycles. The van der Waals surface area contributed by atoms with E-state index in [1.54, 1.807) is 24.3 Å². The molecule has 2 aromatic carbocycles. The SMILES string of the molecule is CCCOc1ccc(CSc2c(Cl)cccc2Cl)nc1CCC(=O)NCCNC(=O)c1ccc(N/N=C/c2ccccc2S(=O)(=O)O)nc1. The molecule has 0 fully saturated rings. The van der Waals surface area contributed by atoms with Crippen molar-refractivity contribution >= 4 is 68.9 Å². The molecule has 0 atom stereocenters. The summed E-state index contributed by atoms with van der Waals surface area (Å²) >= 11 is 14.1. The van der Waals surface area contributed by atoms with Gasteiger partial charge in [-0.2, -0.15) is 13.5 Å². The molecule has 258 valence electrons. The number of ether oxygens (including phenoxy) is 1. The molecule has 4 N–H and O–H groups in total. The topological polar surface area (TPSA) is 172 Å². The van der Waals surface area contributed by atoms with Gasteiger partial charge in [0.1, 0.15) is 16.5 Å². The number of rotatable bonds is 17. The van der Waals surface area contributed by atoms with E-state index >= 15 is 0 Å². The molecule has 4 rings (SSSR count). The van der Waals surface area contributed by atoms with Crippen LogP contribution in [-0.4, -0.2) is 60.7 Å². The van der Waals surface area contributed by atoms with Crippen molar-refractivity contribution in [3.8, 4) is 5.75 Å². The Labute approximate surface area is 298 Å². The normalized spacial score (nSPS) is 11.3. The number of nitrogens with zero attached hydrogens (tertiary/aromatic N) is 3. The number of hydrogen-bond acceptors (Lipinski definition) is 10. The summed E-state index contributed by atoms with van der Waals surface area (Å²) < 4.78 is 38.2. The maximum atomic E-state index is 12.6. The first-order chi connectivity index (χ1) is 23.5. The molecule has 4 aromatic rings. The Balaban J connectivity index is 1.22. The molecule has 0 radical (unpaired) electrons. The Morgan fingerprint density at radius 1 is 1.00 bits per heavy atom. The van der Waals surface area contributed by atoms with Crippen LogP contribution in [0.25, 0.3) is 0 Å². The number of anilines is 1. The second kappa shape index (κ2) is 18.5. The van der Waals surface area contributed by atoms with Gasteiger partial charge in [0.15, 0.2) is 0 Å². The van der Waals surface area contributed by atoms with Crippen LogP contribution in [0.3, 0.4) is 0 Å². The van der Waals surface area contributed by atoms with E-state index in [1.165, 1.54) is 54.5 Å². The van der Waals surface area contributed by atoms with Gasteiger partial charge in [-0.25, -0.2) is 4.98 Å². The van der Waals surface area contributed by atoms with Gasteiger partial charge in [-0.3, -0.25) is 24.6 Å². The van der Waals surface area contributed by atoms with Crippen molar-refractivity contribution in [3.63, 3.8) is 0 Å². The monoisotopic (exact) mass is 744 g/mol. The number of carbonyl (C=O) groups is 2. The van der Waals surface area contributed by atoms with E-state index < -0.39 is 10.1 Å². The van der Waals surface area contributed by atoms with Gasteiger partial charge in [0.05, 0.1) is 39.8 Å². The molecule has 0 aliphatic carbocycles. The van der Waals surface area contributed by atoms with E-state index in [9.17, 15) is 22.6 Å². The van der Waals surface area contributed by atoms with Crippen LogP contribution < -0.4 is 20.8 Å². The first-order valence-electron chi connectivity index (χ1n) is 15.1. The second-order valence-corrected chi connectivity index (χ2v) is 13.5. The van der Waals surface area contributed by atoms with Gasteiger partial charge in [-0.05, 0) is 48.9 Å². The van der Waals surface area contributed by atoms with Crippen molar-refractivity contribution in [3.05, 3.63) is 105 Å². The van der Waals surface area contributed by atoms with Crippen LogP contribution in [0.2, 0.25) is 10.0 Å². The molecule has 49 heavy (non-hydrogen) atoms. The highest BCUT2D eigenvalue weighted by atomic mass is 35.5. The standard InChI is InChI=1S/C33H34Cl2N6O6S2/c1-2-18-47-28-13-11-24(21-48-32-25(34)7-5-8-26(32)35)40-27(28)12-15-31(42)36-16-17-37-33(43)23-10-14-30(38-19-23)41-39-20-22-6-3-4-9-29(22)49(44,45)46/h3-11,13-14,19-20H,2,12,15-18,21H2,1H3,(H,36,42)(H,37,43)(H,38,41)(H,44,45,46)/b39-20+. The summed E-state index contributed by atoms with van der Waals surface area (Å²) in [7, 11) is -4.41. The summed E-state index contributed by atoms with van der Waals surface area (Å²) in [6.07, 6.45) is 3.95. The predicted octanol–water partition coefficient (Wildman–Crippen LogP) is 6.04. The fourth-order valence-corrected chi connectivity index (χ4v) is 6.55. The Kier molecular flexibility index (Phi) is 14.2. The molecule has 0 aliphatic heterocycles. The molecule has 0 bridgehead atoms. The van der Waals surface area contributed by atoms with Crippen LogP contribution >= 0.6 is 35.0 Å². The largest absolute Gasteiger partial charge is 0.492 e. The zero-order valence-electron chi connectivity index (χ0n) is 26.4. The lowest BCUT2D eigenvalue weighted by Crippen LogP contribution is -2.34. The minimum absolute atomic E-state index is 0.179. The molecule has 16 heteroatoms. The summed E-state index contributed by atoms with van der Waals surface area (Å²) in [5, 5.41) is 10.6. The highest BCUT2D eigenvalue weighted by Crippen LogP contribution is 2.35. The third-order valence-electron chi connectivity index (χ3n) is 6.66. The number of thioether (sulfide) groups is 1. The number of benzene rings is 2. The Bertz CT molecular complexity index is 1880. The van der Waals surface area contributed by atoms with Crippen LogP contribution in [0.4, 0.5) is 5.82 Å². The van der Waals surface area contributed by atoms with Crippen LogP contribution in [0.5, 0.6) is 5.75 Å². The number of aromatic nitrogens is 2. The van der Waals surface area contributed by atoms with E-state index in [4.69, 9.17) is 32.9 Å². The zero-order chi connectivity index (χ0) is 35.2. The van der Waals surface area contributed by atoms with Crippen molar-refractivity contribution in [2.45, 2.75) is 41.7 Å². The zero-order valence-corrected chi connectivity index (χ0v) is 29.5. The third kappa shape index (κ3) is 11.7. The van der Waals surface area contributed by atoms with E-state index in [-0.39, 0.29) is 47.3 Å². The van der Waals surface area contributed by atoms with Crippen molar-refractivity contribution < 1.29 is 27.3 Å². The minimum atomic E-state index is -4.41. The number of amides is 2. The quantitative estimate of drug-likeness (QED) is 0.0329.